The van der Waals surface area contributed by atoms with Crippen molar-refractivity contribution in [1.29, 1.82) is 0 Å². The number of rotatable bonds is 3. The van der Waals surface area contributed by atoms with Crippen LogP contribution in [0.5, 0.6) is 0 Å². The van der Waals surface area contributed by atoms with Crippen molar-refractivity contribution in [2.75, 3.05) is 11.5 Å². The van der Waals surface area contributed by atoms with Gasteiger partial charge in [-0.2, -0.15) is 0 Å². The van der Waals surface area contributed by atoms with Crippen LogP contribution < -0.4 is 10.9 Å². The Morgan fingerprint density at radius 1 is 1.12 bits per heavy atom. The normalized spacial score (nSPS) is 22.5. The standard InChI is InChI=1S/C17H24N2O4S2/c20-16(9-12-7-8-25(22,23)11-12)18-19-17(21)15-10-13-5-3-1-2-4-6-14(13)24-15/h10,12H,1-9,11H2,(H,18,20)(H,19,21)/t12-/m1/s1. The molecule has 1 aliphatic carbocycles. The van der Waals surface area contributed by atoms with Gasteiger partial charge in [0, 0.05) is 11.3 Å². The van der Waals surface area contributed by atoms with Gasteiger partial charge in [-0.25, -0.2) is 8.42 Å². The summed E-state index contributed by atoms with van der Waals surface area (Å²) in [7, 11) is -2.99. The van der Waals surface area contributed by atoms with Crippen LogP contribution in [0.4, 0.5) is 0 Å². The highest BCUT2D eigenvalue weighted by Gasteiger charge is 2.29. The zero-order valence-corrected chi connectivity index (χ0v) is 15.8. The topological polar surface area (TPSA) is 92.3 Å². The van der Waals surface area contributed by atoms with Crippen LogP contribution in [-0.4, -0.2) is 31.7 Å². The summed E-state index contributed by atoms with van der Waals surface area (Å²) in [6, 6.07) is 1.94. The Labute approximate surface area is 152 Å². The molecule has 2 N–H and O–H groups in total. The molecule has 0 saturated carbocycles. The highest BCUT2D eigenvalue weighted by molar-refractivity contribution is 7.91. The van der Waals surface area contributed by atoms with E-state index in [1.54, 1.807) is 0 Å². The summed E-state index contributed by atoms with van der Waals surface area (Å²) >= 11 is 1.51. The molecular formula is C17H24N2O4S2. The van der Waals surface area contributed by atoms with Crippen molar-refractivity contribution in [3.63, 3.8) is 0 Å². The van der Waals surface area contributed by atoms with Gasteiger partial charge in [0.1, 0.15) is 0 Å². The first kappa shape index (κ1) is 18.4. The maximum Gasteiger partial charge on any atom is 0.279 e. The monoisotopic (exact) mass is 384 g/mol. The van der Waals surface area contributed by atoms with Crippen LogP contribution in [-0.2, 0) is 27.5 Å². The molecular weight excluding hydrogens is 360 g/mol. The van der Waals surface area contributed by atoms with Gasteiger partial charge < -0.3 is 0 Å². The van der Waals surface area contributed by atoms with Crippen LogP contribution in [0.25, 0.3) is 0 Å². The highest BCUT2D eigenvalue weighted by Crippen LogP contribution is 2.28. The maximum atomic E-state index is 12.3. The SMILES string of the molecule is O=C(C[C@H]1CCS(=O)(=O)C1)NNC(=O)c1cc2c(s1)CCCCCC2. The first-order chi connectivity index (χ1) is 11.9. The lowest BCUT2D eigenvalue weighted by molar-refractivity contribution is -0.122. The van der Waals surface area contributed by atoms with Crippen LogP contribution in [0.2, 0.25) is 0 Å². The van der Waals surface area contributed by atoms with E-state index in [4.69, 9.17) is 0 Å². The van der Waals surface area contributed by atoms with E-state index in [9.17, 15) is 18.0 Å². The second-order valence-electron chi connectivity index (χ2n) is 6.95. The molecule has 0 radical (unpaired) electrons. The van der Waals surface area contributed by atoms with Gasteiger partial charge in [-0.1, -0.05) is 12.8 Å². The Kier molecular flexibility index (Phi) is 5.78. The fraction of sp³-hybridized carbons (Fsp3) is 0.647. The fourth-order valence-corrected chi connectivity index (χ4v) is 6.50. The van der Waals surface area contributed by atoms with Gasteiger partial charge in [-0.05, 0) is 49.7 Å². The zero-order chi connectivity index (χ0) is 17.9. The third kappa shape index (κ3) is 5.04. The number of carbonyl (C=O) groups excluding carboxylic acids is 2. The molecule has 1 atom stereocenters. The molecule has 1 aromatic heterocycles. The van der Waals surface area contributed by atoms with E-state index in [-0.39, 0.29) is 35.7 Å². The lowest BCUT2D eigenvalue weighted by atomic mass is 10.00. The number of thiophene rings is 1. The van der Waals surface area contributed by atoms with Gasteiger partial charge in [0.05, 0.1) is 16.4 Å². The van der Waals surface area contributed by atoms with Gasteiger partial charge in [0.15, 0.2) is 9.84 Å². The summed E-state index contributed by atoms with van der Waals surface area (Å²) in [6.07, 6.45) is 7.48. The van der Waals surface area contributed by atoms with Crippen molar-refractivity contribution in [2.45, 2.75) is 51.4 Å². The number of sulfone groups is 1. The molecule has 138 valence electrons. The quantitative estimate of drug-likeness (QED) is 0.780. The van der Waals surface area contributed by atoms with E-state index in [2.05, 4.69) is 10.9 Å². The summed E-state index contributed by atoms with van der Waals surface area (Å²) in [5.41, 5.74) is 6.13. The average Bonchev–Trinajstić information content (AvgIpc) is 3.08. The van der Waals surface area contributed by atoms with Crippen molar-refractivity contribution in [3.05, 3.63) is 21.4 Å². The number of aryl methyl sites for hydroxylation is 2. The first-order valence-corrected chi connectivity index (χ1v) is 11.5. The molecule has 1 saturated heterocycles. The Morgan fingerprint density at radius 2 is 1.88 bits per heavy atom. The number of fused-ring (bicyclic) bond motifs is 1. The minimum atomic E-state index is -2.99. The molecule has 6 nitrogen and oxygen atoms in total. The molecule has 1 fully saturated rings. The fourth-order valence-electron chi connectivity index (χ4n) is 3.49. The van der Waals surface area contributed by atoms with E-state index in [1.165, 1.54) is 34.6 Å². The third-order valence-electron chi connectivity index (χ3n) is 4.84. The number of hydrazine groups is 1. The predicted octanol–water partition coefficient (Wildman–Crippen LogP) is 1.99. The first-order valence-electron chi connectivity index (χ1n) is 8.84. The van der Waals surface area contributed by atoms with Crippen molar-refractivity contribution in [3.8, 4) is 0 Å². The second kappa shape index (κ2) is 7.86. The average molecular weight is 385 g/mol. The minimum Gasteiger partial charge on any atom is -0.273 e. The maximum absolute atomic E-state index is 12.3. The molecule has 1 aromatic rings. The summed E-state index contributed by atoms with van der Waals surface area (Å²) in [5, 5.41) is 0. The molecule has 3 rings (SSSR count). The lowest BCUT2D eigenvalue weighted by Gasteiger charge is -2.09. The Morgan fingerprint density at radius 3 is 2.60 bits per heavy atom. The summed E-state index contributed by atoms with van der Waals surface area (Å²) in [6.45, 7) is 0. The predicted molar refractivity (Wildman–Crippen MR) is 97.2 cm³/mol. The molecule has 2 aliphatic rings. The largest absolute Gasteiger partial charge is 0.279 e. The highest BCUT2D eigenvalue weighted by atomic mass is 32.2. The lowest BCUT2D eigenvalue weighted by Crippen LogP contribution is -2.42. The van der Waals surface area contributed by atoms with E-state index in [0.717, 1.165) is 25.7 Å². The van der Waals surface area contributed by atoms with E-state index in [0.29, 0.717) is 11.3 Å². The van der Waals surface area contributed by atoms with Gasteiger partial charge in [-0.3, -0.25) is 20.4 Å². The van der Waals surface area contributed by atoms with Crippen LogP contribution in [0.15, 0.2) is 6.07 Å². The van der Waals surface area contributed by atoms with Crippen LogP contribution in [0.3, 0.4) is 0 Å². The molecule has 2 amide bonds. The Hall–Kier alpha value is -1.41. The summed E-state index contributed by atoms with van der Waals surface area (Å²) < 4.78 is 22.8. The summed E-state index contributed by atoms with van der Waals surface area (Å²) in [4.78, 5) is 26.1. The molecule has 0 unspecified atom stereocenters. The van der Waals surface area contributed by atoms with Crippen LogP contribution in [0.1, 0.15) is 58.6 Å². The molecule has 0 spiro atoms. The molecule has 0 bridgehead atoms. The van der Waals surface area contributed by atoms with Crippen LogP contribution >= 0.6 is 11.3 Å². The van der Waals surface area contributed by atoms with Gasteiger partial charge >= 0.3 is 0 Å². The van der Waals surface area contributed by atoms with Gasteiger partial charge in [0.2, 0.25) is 5.91 Å². The Bertz CT molecular complexity index is 729. The van der Waals surface area contributed by atoms with Crippen molar-refractivity contribution >= 4 is 33.0 Å². The molecule has 2 heterocycles. The van der Waals surface area contributed by atoms with Crippen LogP contribution in [0, 0.1) is 5.92 Å². The molecule has 0 aromatic carbocycles. The summed E-state index contributed by atoms with van der Waals surface area (Å²) in [5.74, 6) is -0.581. The molecule has 25 heavy (non-hydrogen) atoms. The molecule has 1 aliphatic heterocycles. The van der Waals surface area contributed by atoms with E-state index >= 15 is 0 Å². The molecule has 8 heteroatoms. The number of hydrogen-bond acceptors (Lipinski definition) is 5. The zero-order valence-electron chi connectivity index (χ0n) is 14.2. The van der Waals surface area contributed by atoms with Gasteiger partial charge in [-0.15, -0.1) is 11.3 Å². The Balaban J connectivity index is 1.50. The third-order valence-corrected chi connectivity index (χ3v) is 7.91. The number of hydrogen-bond donors (Lipinski definition) is 2. The number of amides is 2. The minimum absolute atomic E-state index is 0.0615. The van der Waals surface area contributed by atoms with Crippen molar-refractivity contribution in [1.82, 2.24) is 10.9 Å². The number of nitrogens with one attached hydrogen (secondary N) is 2. The van der Waals surface area contributed by atoms with Gasteiger partial charge in [0.25, 0.3) is 5.91 Å². The van der Waals surface area contributed by atoms with E-state index < -0.39 is 9.84 Å². The number of carbonyl (C=O) groups is 2. The van der Waals surface area contributed by atoms with Crippen molar-refractivity contribution in [2.24, 2.45) is 5.92 Å². The smallest absolute Gasteiger partial charge is 0.273 e. The second-order valence-corrected chi connectivity index (χ2v) is 10.3. The van der Waals surface area contributed by atoms with Crippen molar-refractivity contribution < 1.29 is 18.0 Å². The van der Waals surface area contributed by atoms with E-state index in [1.807, 2.05) is 6.07 Å².